The Bertz CT molecular complexity index is 858. The summed E-state index contributed by atoms with van der Waals surface area (Å²) >= 11 is 0. The van der Waals surface area contributed by atoms with Crippen molar-refractivity contribution in [3.63, 3.8) is 0 Å². The van der Waals surface area contributed by atoms with Crippen LogP contribution in [0.5, 0.6) is 5.75 Å². The van der Waals surface area contributed by atoms with Gasteiger partial charge in [0, 0.05) is 6.61 Å². The molecule has 0 heterocycles. The molecule has 2 fully saturated rings. The predicted molar refractivity (Wildman–Crippen MR) is 140 cm³/mol. The van der Waals surface area contributed by atoms with E-state index in [1.54, 1.807) is 6.07 Å². The lowest BCUT2D eigenvalue weighted by atomic mass is 9.83. The Labute approximate surface area is 214 Å². The molecule has 0 spiro atoms. The molecule has 0 N–H and O–H groups in total. The van der Waals surface area contributed by atoms with Gasteiger partial charge in [0.15, 0.2) is 11.6 Å². The Kier molecular flexibility index (Phi) is 13.3. The molecule has 2 aromatic carbocycles. The van der Waals surface area contributed by atoms with Crippen molar-refractivity contribution in [2.75, 3.05) is 20.4 Å². The van der Waals surface area contributed by atoms with Crippen LogP contribution in [-0.4, -0.2) is 32.7 Å². The molecule has 2 nitrogen and oxygen atoms in total. The molecule has 6 heteroatoms. The van der Waals surface area contributed by atoms with Crippen LogP contribution >= 0.6 is 0 Å². The van der Waals surface area contributed by atoms with E-state index in [0.29, 0.717) is 30.8 Å². The zero-order valence-electron chi connectivity index (χ0n) is 21.7. The Morgan fingerprint density at radius 1 is 0.861 bits per heavy atom. The standard InChI is InChI=1S/C19H20F2O.C11H21FO.FH/c1-22-19-11-8-16(12-18(19)21)15-4-2-13(3-5-15)14-6-9-17(20)10-7-14;1-2-9-13-11-5-3-10(4-6-11)7-8-12;/h2-5,8,11-12,14,17H,6-7,9-10H2,1H3;10-11H,2-9H2,1H3;1H. The van der Waals surface area contributed by atoms with Gasteiger partial charge in [0.05, 0.1) is 19.9 Å². The average Bonchev–Trinajstić information content (AvgIpc) is 2.89. The summed E-state index contributed by atoms with van der Waals surface area (Å²) < 4.78 is 49.6. The maximum atomic E-state index is 13.8. The minimum atomic E-state index is -0.627. The largest absolute Gasteiger partial charge is 0.494 e. The summed E-state index contributed by atoms with van der Waals surface area (Å²) in [6, 6.07) is 13.2. The number of alkyl halides is 2. The summed E-state index contributed by atoms with van der Waals surface area (Å²) in [5, 5.41) is 0. The summed E-state index contributed by atoms with van der Waals surface area (Å²) in [5.74, 6) is 0.980. The molecular weight excluding hydrogens is 468 g/mol. The fraction of sp³-hybridized carbons (Fsp3) is 0.600. The first-order valence-corrected chi connectivity index (χ1v) is 13.3. The van der Waals surface area contributed by atoms with Gasteiger partial charge in [-0.3, -0.25) is 9.09 Å². The number of halogens is 4. The van der Waals surface area contributed by atoms with Crippen molar-refractivity contribution in [1.82, 2.24) is 0 Å². The first-order valence-electron chi connectivity index (χ1n) is 13.3. The SMILES string of the molecule is CCCOC1CCC(CCF)CC1.COc1ccc(-c2ccc(C3CCC(F)CC3)cc2)cc1F.F. The predicted octanol–water partition coefficient (Wildman–Crippen LogP) is 8.98. The van der Waals surface area contributed by atoms with E-state index in [1.807, 2.05) is 18.2 Å². The highest BCUT2D eigenvalue weighted by molar-refractivity contribution is 5.64. The van der Waals surface area contributed by atoms with Crippen LogP contribution in [-0.2, 0) is 4.74 Å². The van der Waals surface area contributed by atoms with E-state index < -0.39 is 6.17 Å². The number of benzene rings is 2. The highest BCUT2D eigenvalue weighted by Gasteiger charge is 2.22. The Morgan fingerprint density at radius 3 is 2.06 bits per heavy atom. The Morgan fingerprint density at radius 2 is 1.50 bits per heavy atom. The zero-order chi connectivity index (χ0) is 25.0. The summed E-state index contributed by atoms with van der Waals surface area (Å²) in [7, 11) is 1.46. The van der Waals surface area contributed by atoms with Gasteiger partial charge in [-0.2, -0.15) is 0 Å². The maximum Gasteiger partial charge on any atom is 0.165 e. The van der Waals surface area contributed by atoms with E-state index in [1.165, 1.54) is 18.7 Å². The lowest BCUT2D eigenvalue weighted by Gasteiger charge is -2.27. The van der Waals surface area contributed by atoms with Crippen molar-refractivity contribution < 1.29 is 27.3 Å². The van der Waals surface area contributed by atoms with Gasteiger partial charge in [0.25, 0.3) is 0 Å². The van der Waals surface area contributed by atoms with Crippen LogP contribution in [0, 0.1) is 11.7 Å². The van der Waals surface area contributed by atoms with E-state index in [4.69, 9.17) is 9.47 Å². The van der Waals surface area contributed by atoms with Crippen LogP contribution in [0.3, 0.4) is 0 Å². The molecule has 202 valence electrons. The lowest BCUT2D eigenvalue weighted by molar-refractivity contribution is 0.0170. The van der Waals surface area contributed by atoms with Gasteiger partial charge in [-0.15, -0.1) is 0 Å². The molecule has 4 rings (SSSR count). The molecule has 2 aliphatic carbocycles. The van der Waals surface area contributed by atoms with Gasteiger partial charge in [0.1, 0.15) is 6.17 Å². The van der Waals surface area contributed by atoms with Crippen molar-refractivity contribution in [2.45, 2.75) is 89.3 Å². The summed E-state index contributed by atoms with van der Waals surface area (Å²) in [6.45, 7) is 2.87. The third-order valence-corrected chi connectivity index (χ3v) is 7.39. The van der Waals surface area contributed by atoms with Gasteiger partial charge in [0.2, 0.25) is 0 Å². The molecule has 36 heavy (non-hydrogen) atoms. The number of rotatable bonds is 8. The molecule has 0 amide bonds. The Balaban J connectivity index is 0.000000281. The van der Waals surface area contributed by atoms with Gasteiger partial charge < -0.3 is 9.47 Å². The fourth-order valence-electron chi connectivity index (χ4n) is 5.21. The number of methoxy groups -OCH3 is 1. The molecule has 0 aliphatic heterocycles. The molecule has 2 saturated carbocycles. The number of ether oxygens (including phenoxy) is 2. The van der Waals surface area contributed by atoms with Gasteiger partial charge in [-0.25, -0.2) is 8.78 Å². The molecule has 0 saturated heterocycles. The molecule has 2 aliphatic rings. The van der Waals surface area contributed by atoms with Crippen LogP contribution < -0.4 is 4.74 Å². The second kappa shape index (κ2) is 15.9. The van der Waals surface area contributed by atoms with Crippen LogP contribution in [0.2, 0.25) is 0 Å². The average molecular weight is 511 g/mol. The summed E-state index contributed by atoms with van der Waals surface area (Å²) in [5.41, 5.74) is 3.06. The molecule has 0 aromatic heterocycles. The topological polar surface area (TPSA) is 18.5 Å². The first kappa shape index (κ1) is 30.1. The lowest BCUT2D eigenvalue weighted by Crippen LogP contribution is -2.22. The quantitative estimate of drug-likeness (QED) is 0.330. The van der Waals surface area contributed by atoms with Gasteiger partial charge in [-0.1, -0.05) is 37.3 Å². The van der Waals surface area contributed by atoms with E-state index >= 15 is 0 Å². The third-order valence-electron chi connectivity index (χ3n) is 7.39. The minimum Gasteiger partial charge on any atom is -0.494 e. The molecular formula is C30H42F4O2. The van der Waals surface area contributed by atoms with Crippen molar-refractivity contribution in [1.29, 1.82) is 0 Å². The van der Waals surface area contributed by atoms with Crippen LogP contribution in [0.25, 0.3) is 11.1 Å². The monoisotopic (exact) mass is 510 g/mol. The van der Waals surface area contributed by atoms with Crippen LogP contribution in [0.15, 0.2) is 42.5 Å². The fourth-order valence-corrected chi connectivity index (χ4v) is 5.21. The molecule has 0 atom stereocenters. The van der Waals surface area contributed by atoms with Gasteiger partial charge in [-0.05, 0) is 105 Å². The zero-order valence-corrected chi connectivity index (χ0v) is 21.7. The van der Waals surface area contributed by atoms with Crippen molar-refractivity contribution in [3.05, 3.63) is 53.8 Å². The van der Waals surface area contributed by atoms with E-state index in [-0.39, 0.29) is 22.9 Å². The smallest absolute Gasteiger partial charge is 0.165 e. The van der Waals surface area contributed by atoms with Gasteiger partial charge >= 0.3 is 0 Å². The number of hydrogen-bond acceptors (Lipinski definition) is 2. The van der Waals surface area contributed by atoms with Crippen molar-refractivity contribution in [2.24, 2.45) is 5.92 Å². The normalized spacial score (nSPS) is 23.7. The molecule has 2 aromatic rings. The van der Waals surface area contributed by atoms with Crippen molar-refractivity contribution >= 4 is 0 Å². The molecule has 0 unspecified atom stereocenters. The first-order chi connectivity index (χ1) is 17.0. The van der Waals surface area contributed by atoms with E-state index in [2.05, 4.69) is 19.1 Å². The Hall–Kier alpha value is -2.08. The third kappa shape index (κ3) is 9.10. The highest BCUT2D eigenvalue weighted by Crippen LogP contribution is 2.35. The maximum absolute atomic E-state index is 13.8. The second-order valence-electron chi connectivity index (χ2n) is 9.91. The molecule has 0 radical (unpaired) electrons. The summed E-state index contributed by atoms with van der Waals surface area (Å²) in [4.78, 5) is 0. The second-order valence-corrected chi connectivity index (χ2v) is 9.91. The van der Waals surface area contributed by atoms with E-state index in [9.17, 15) is 13.2 Å². The van der Waals surface area contributed by atoms with E-state index in [0.717, 1.165) is 69.1 Å². The summed E-state index contributed by atoms with van der Waals surface area (Å²) in [6.07, 6.45) is 9.48. The highest BCUT2D eigenvalue weighted by atomic mass is 19.1. The minimum absolute atomic E-state index is 0. The molecule has 0 bridgehead atoms. The van der Waals surface area contributed by atoms with Crippen LogP contribution in [0.4, 0.5) is 17.9 Å². The van der Waals surface area contributed by atoms with Crippen molar-refractivity contribution in [3.8, 4) is 16.9 Å². The number of hydrogen-bond donors (Lipinski definition) is 0. The van der Waals surface area contributed by atoms with Crippen LogP contribution in [0.1, 0.15) is 82.6 Å².